The summed E-state index contributed by atoms with van der Waals surface area (Å²) in [6.45, 7) is 2.00. The number of rotatable bonds is 12. The lowest BCUT2D eigenvalue weighted by molar-refractivity contribution is -0.142. The maximum Gasteiger partial charge on any atom is 0.255 e. The quantitative estimate of drug-likeness (QED) is 0.244. The van der Waals surface area contributed by atoms with Crippen molar-refractivity contribution in [3.8, 4) is 0 Å². The molecule has 0 unspecified atom stereocenters. The molecule has 4 aromatic rings. The topological polar surface area (TPSA) is 48.0 Å². The highest BCUT2D eigenvalue weighted by atomic mass is 16.6. The Hall–Kier alpha value is -3.77. The maximum absolute atomic E-state index is 13.9. The van der Waals surface area contributed by atoms with Crippen LogP contribution in [0.2, 0.25) is 0 Å². The van der Waals surface area contributed by atoms with Crippen LogP contribution in [0.15, 0.2) is 121 Å². The van der Waals surface area contributed by atoms with Crippen LogP contribution < -0.4 is 0 Å². The fourth-order valence-corrected chi connectivity index (χ4v) is 4.77. The van der Waals surface area contributed by atoms with Crippen molar-refractivity contribution in [1.29, 1.82) is 0 Å². The Bertz CT molecular complexity index is 1250. The number of nitrogens with zero attached hydrogens (tertiary/aromatic N) is 1. The van der Waals surface area contributed by atoms with Crippen molar-refractivity contribution in [3.05, 3.63) is 144 Å². The lowest BCUT2D eigenvalue weighted by atomic mass is 10.1. The third-order valence-corrected chi connectivity index (χ3v) is 6.76. The smallest absolute Gasteiger partial charge is 0.255 e. The molecular formula is C33H33NO4. The van der Waals surface area contributed by atoms with Gasteiger partial charge in [-0.05, 0) is 22.3 Å². The number of carbonyl (C=O) groups excluding carboxylic acids is 1. The average molecular weight is 508 g/mol. The molecule has 0 saturated carbocycles. The molecule has 194 valence electrons. The minimum atomic E-state index is -0.729. The van der Waals surface area contributed by atoms with Crippen molar-refractivity contribution in [3.63, 3.8) is 0 Å². The van der Waals surface area contributed by atoms with Gasteiger partial charge >= 0.3 is 0 Å². The van der Waals surface area contributed by atoms with E-state index in [2.05, 4.69) is 0 Å². The first kappa shape index (κ1) is 25.9. The molecule has 5 rings (SSSR count). The van der Waals surface area contributed by atoms with Crippen molar-refractivity contribution in [1.82, 2.24) is 4.90 Å². The van der Waals surface area contributed by atoms with Crippen LogP contribution in [0, 0.1) is 0 Å². The Morgan fingerprint density at radius 1 is 0.553 bits per heavy atom. The van der Waals surface area contributed by atoms with E-state index in [0.717, 1.165) is 22.3 Å². The van der Waals surface area contributed by atoms with Crippen LogP contribution in [-0.2, 0) is 45.4 Å². The van der Waals surface area contributed by atoms with Crippen molar-refractivity contribution in [2.24, 2.45) is 0 Å². The van der Waals surface area contributed by atoms with Crippen LogP contribution >= 0.6 is 0 Å². The van der Waals surface area contributed by atoms with Gasteiger partial charge in [0.2, 0.25) is 0 Å². The first-order valence-corrected chi connectivity index (χ1v) is 13.0. The van der Waals surface area contributed by atoms with Crippen LogP contribution in [0.4, 0.5) is 0 Å². The molecule has 1 aliphatic rings. The molecule has 0 bridgehead atoms. The molecule has 4 aromatic carbocycles. The van der Waals surface area contributed by atoms with E-state index in [9.17, 15) is 4.79 Å². The zero-order valence-corrected chi connectivity index (χ0v) is 21.4. The molecule has 38 heavy (non-hydrogen) atoms. The second kappa shape index (κ2) is 13.2. The lowest BCUT2D eigenvalue weighted by Gasteiger charge is -2.28. The summed E-state index contributed by atoms with van der Waals surface area (Å²) in [6.07, 6.45) is -1.21. The summed E-state index contributed by atoms with van der Waals surface area (Å²) in [5.74, 6) is -0.0730. The Kier molecular flexibility index (Phi) is 8.95. The van der Waals surface area contributed by atoms with Crippen molar-refractivity contribution in [2.45, 2.75) is 44.6 Å². The second-order valence-corrected chi connectivity index (χ2v) is 9.50. The minimum absolute atomic E-state index is 0.0730. The Morgan fingerprint density at radius 3 is 1.53 bits per heavy atom. The van der Waals surface area contributed by atoms with Crippen LogP contribution in [0.5, 0.6) is 0 Å². The Morgan fingerprint density at radius 2 is 1.00 bits per heavy atom. The normalized spacial score (nSPS) is 19.1. The van der Waals surface area contributed by atoms with Gasteiger partial charge in [0, 0.05) is 6.54 Å². The number of amides is 1. The highest BCUT2D eigenvalue weighted by Gasteiger charge is 2.49. The Balaban J connectivity index is 1.38. The van der Waals surface area contributed by atoms with E-state index in [0.29, 0.717) is 33.0 Å². The van der Waals surface area contributed by atoms with Crippen molar-refractivity contribution < 1.29 is 19.0 Å². The first-order valence-electron chi connectivity index (χ1n) is 13.0. The molecule has 0 N–H and O–H groups in total. The van der Waals surface area contributed by atoms with Gasteiger partial charge in [-0.25, -0.2) is 0 Å². The molecule has 0 aromatic heterocycles. The number of ether oxygens (including phenoxy) is 3. The number of carbonyl (C=O) groups is 1. The number of hydrogen-bond donors (Lipinski definition) is 0. The molecule has 1 fully saturated rings. The first-order chi connectivity index (χ1) is 18.8. The van der Waals surface area contributed by atoms with Crippen LogP contribution in [0.3, 0.4) is 0 Å². The predicted molar refractivity (Wildman–Crippen MR) is 147 cm³/mol. The van der Waals surface area contributed by atoms with Gasteiger partial charge in [0.05, 0.1) is 32.5 Å². The largest absolute Gasteiger partial charge is 0.375 e. The lowest BCUT2D eigenvalue weighted by Crippen LogP contribution is -2.41. The third kappa shape index (κ3) is 6.75. The van der Waals surface area contributed by atoms with Gasteiger partial charge in [-0.3, -0.25) is 4.79 Å². The van der Waals surface area contributed by atoms with Crippen LogP contribution in [0.1, 0.15) is 22.3 Å². The Labute approximate surface area is 224 Å². The second-order valence-electron chi connectivity index (χ2n) is 9.50. The van der Waals surface area contributed by atoms with Crippen molar-refractivity contribution >= 4 is 5.91 Å². The van der Waals surface area contributed by atoms with Gasteiger partial charge in [0.25, 0.3) is 5.91 Å². The van der Waals surface area contributed by atoms with Gasteiger partial charge in [-0.15, -0.1) is 0 Å². The molecule has 0 radical (unpaired) electrons. The number of benzene rings is 4. The van der Waals surface area contributed by atoms with E-state index >= 15 is 0 Å². The van der Waals surface area contributed by atoms with Gasteiger partial charge in [0.15, 0.2) is 6.10 Å². The number of hydrogen-bond acceptors (Lipinski definition) is 4. The standard InChI is InChI=1S/C33H33NO4/c35-33-32(38-24-29-19-11-4-12-20-29)31(37-23-28-17-9-3-10-18-28)30(25-36-22-27-15-7-2-8-16-27)34(33)21-26-13-5-1-6-14-26/h1-20,30-32H,21-25H2/t30-,31-,32-/m1/s1. The van der Waals surface area contributed by atoms with Crippen LogP contribution in [0.25, 0.3) is 0 Å². The molecule has 1 amide bonds. The fraction of sp³-hybridized carbons (Fsp3) is 0.242. The zero-order chi connectivity index (χ0) is 26.0. The molecular weight excluding hydrogens is 474 g/mol. The molecule has 1 heterocycles. The van der Waals surface area contributed by atoms with E-state index in [4.69, 9.17) is 14.2 Å². The summed E-state index contributed by atoms with van der Waals surface area (Å²) in [6, 6.07) is 39.7. The van der Waals surface area contributed by atoms with E-state index in [-0.39, 0.29) is 11.9 Å². The summed E-state index contributed by atoms with van der Waals surface area (Å²) in [4.78, 5) is 15.7. The number of likely N-dealkylation sites (tertiary alicyclic amines) is 1. The summed E-state index contributed by atoms with van der Waals surface area (Å²) >= 11 is 0. The highest BCUT2D eigenvalue weighted by Crippen LogP contribution is 2.29. The molecule has 3 atom stereocenters. The van der Waals surface area contributed by atoms with Gasteiger partial charge < -0.3 is 19.1 Å². The SMILES string of the molecule is O=C1[C@H](OCc2ccccc2)[C@H](OCc2ccccc2)[C@@H](COCc2ccccc2)N1Cc1ccccc1. The van der Waals surface area contributed by atoms with Gasteiger partial charge in [-0.1, -0.05) is 121 Å². The zero-order valence-electron chi connectivity index (χ0n) is 21.4. The summed E-state index contributed by atoms with van der Waals surface area (Å²) < 4.78 is 19.0. The van der Waals surface area contributed by atoms with Crippen LogP contribution in [-0.4, -0.2) is 35.7 Å². The van der Waals surface area contributed by atoms with E-state index in [1.165, 1.54) is 0 Å². The molecule has 0 aliphatic carbocycles. The monoisotopic (exact) mass is 507 g/mol. The van der Waals surface area contributed by atoms with E-state index < -0.39 is 12.2 Å². The van der Waals surface area contributed by atoms with Gasteiger partial charge in [-0.2, -0.15) is 0 Å². The molecule has 0 spiro atoms. The van der Waals surface area contributed by atoms with E-state index in [1.54, 1.807) is 0 Å². The molecule has 1 saturated heterocycles. The van der Waals surface area contributed by atoms with Gasteiger partial charge in [0.1, 0.15) is 6.10 Å². The van der Waals surface area contributed by atoms with E-state index in [1.807, 2.05) is 126 Å². The summed E-state index contributed by atoms with van der Waals surface area (Å²) in [7, 11) is 0. The third-order valence-electron chi connectivity index (χ3n) is 6.76. The summed E-state index contributed by atoms with van der Waals surface area (Å²) in [5, 5.41) is 0. The summed E-state index contributed by atoms with van der Waals surface area (Å²) in [5.41, 5.74) is 4.21. The minimum Gasteiger partial charge on any atom is -0.375 e. The predicted octanol–water partition coefficient (Wildman–Crippen LogP) is 5.79. The highest BCUT2D eigenvalue weighted by molar-refractivity contribution is 5.85. The fourth-order valence-electron chi connectivity index (χ4n) is 4.77. The average Bonchev–Trinajstić information content (AvgIpc) is 3.22. The molecule has 1 aliphatic heterocycles. The molecule has 5 heteroatoms. The molecule has 5 nitrogen and oxygen atoms in total. The maximum atomic E-state index is 13.9. The van der Waals surface area contributed by atoms with Crippen molar-refractivity contribution in [2.75, 3.05) is 6.61 Å².